The highest BCUT2D eigenvalue weighted by atomic mass is 19.3. The number of benzene rings is 3. The number of hydrogen-bond acceptors (Lipinski definition) is 2. The molecule has 178 valence electrons. The fraction of sp³-hybridized carbons (Fsp3) is 0.0526. The van der Waals surface area contributed by atoms with Gasteiger partial charge in [0.05, 0.1) is 5.56 Å². The predicted octanol–water partition coefficient (Wildman–Crippen LogP) is 4.96. The van der Waals surface area contributed by atoms with Crippen LogP contribution in [0.15, 0.2) is 12.1 Å². The Bertz CT molecular complexity index is 1390. The Morgan fingerprint density at radius 3 is 1.68 bits per heavy atom. The van der Waals surface area contributed by atoms with Crippen molar-refractivity contribution < 1.29 is 62.4 Å². The Kier molecular flexibility index (Phi) is 5.30. The van der Waals surface area contributed by atoms with Crippen LogP contribution in [0.1, 0.15) is 11.1 Å². The van der Waals surface area contributed by atoms with Crippen molar-refractivity contribution in [2.75, 3.05) is 0 Å². The second-order valence-corrected chi connectivity index (χ2v) is 6.83. The first-order valence-electron chi connectivity index (χ1n) is 8.67. The third-order valence-electron chi connectivity index (χ3n) is 4.99. The van der Waals surface area contributed by atoms with Crippen LogP contribution >= 0.6 is 0 Å². The van der Waals surface area contributed by atoms with E-state index >= 15 is 8.78 Å². The van der Waals surface area contributed by atoms with Crippen LogP contribution in [0.4, 0.5) is 52.7 Å². The molecule has 1 aliphatic carbocycles. The number of hydrogen-bond donors (Lipinski definition) is 1. The fourth-order valence-corrected chi connectivity index (χ4v) is 3.54. The molecule has 0 aliphatic heterocycles. The van der Waals surface area contributed by atoms with Crippen molar-refractivity contribution in [3.8, 4) is 16.9 Å². The Morgan fingerprint density at radius 1 is 0.588 bits per heavy atom. The molecule has 0 saturated heterocycles. The summed E-state index contributed by atoms with van der Waals surface area (Å²) < 4.78 is 173. The Hall–Kier alpha value is -3.36. The van der Waals surface area contributed by atoms with Gasteiger partial charge in [-0.25, -0.2) is 39.5 Å². The first-order valence-corrected chi connectivity index (χ1v) is 8.67. The van der Waals surface area contributed by atoms with Gasteiger partial charge in [0, 0.05) is 22.2 Å². The highest BCUT2D eigenvalue weighted by Gasteiger charge is 2.56. The monoisotopic (exact) mass is 502 g/mol. The van der Waals surface area contributed by atoms with Crippen LogP contribution in [-0.2, 0) is 5.92 Å². The number of fused-ring (bicyclic) bond motifs is 3. The van der Waals surface area contributed by atoms with Gasteiger partial charge in [-0.15, -0.1) is 0 Å². The number of alkyl halides is 2. The quantitative estimate of drug-likeness (QED) is 0.238. The van der Waals surface area contributed by atoms with Gasteiger partial charge < -0.3 is 9.68 Å². The molecule has 3 aromatic rings. The van der Waals surface area contributed by atoms with Crippen molar-refractivity contribution in [3.63, 3.8) is 0 Å². The molecule has 4 rings (SSSR count). The van der Waals surface area contributed by atoms with Gasteiger partial charge in [0.15, 0.2) is 52.4 Å². The van der Waals surface area contributed by atoms with Gasteiger partial charge in [0.25, 0.3) is 0 Å². The lowest BCUT2D eigenvalue weighted by Gasteiger charge is -2.20. The molecule has 1 aliphatic rings. The van der Waals surface area contributed by atoms with Gasteiger partial charge >= 0.3 is 13.0 Å². The van der Waals surface area contributed by atoms with Crippen molar-refractivity contribution in [1.82, 2.24) is 0 Å². The molecule has 15 heteroatoms. The average Bonchev–Trinajstić information content (AvgIpc) is 3.02. The summed E-state index contributed by atoms with van der Waals surface area (Å²) in [5.74, 6) is -31.3. The summed E-state index contributed by atoms with van der Waals surface area (Å²) in [7, 11) is -3.26. The molecular formula is C19H3BF12O2. The molecule has 0 atom stereocenters. The van der Waals surface area contributed by atoms with E-state index < -0.39 is 105 Å². The standard InChI is InChI=1S/C19H3BF12O2/c21-3-1-2-4(11(23)10(3)22)34-20(33)9-7-5(12(24)16(28)15(9)27)6-8(19(7,31)32)14(26)18(30)17(29)13(6)25/h1-2,33H. The lowest BCUT2D eigenvalue weighted by molar-refractivity contribution is 0.0432. The summed E-state index contributed by atoms with van der Waals surface area (Å²) >= 11 is 0. The zero-order chi connectivity index (χ0) is 25.4. The SMILES string of the molecule is OB(Oc1ccc(F)c(F)c1F)c1c(F)c(F)c(F)c2c1C(F)(F)c1c(F)c(F)c(F)c(F)c1-2. The Labute approximate surface area is 180 Å². The molecule has 3 aromatic carbocycles. The first-order chi connectivity index (χ1) is 15.7. The topological polar surface area (TPSA) is 29.5 Å². The van der Waals surface area contributed by atoms with Gasteiger partial charge in [-0.05, 0) is 12.1 Å². The van der Waals surface area contributed by atoms with Gasteiger partial charge in [-0.3, -0.25) is 0 Å². The third kappa shape index (κ3) is 2.98. The minimum Gasteiger partial charge on any atom is -0.530 e. The number of rotatable bonds is 3. The molecule has 1 N–H and O–H groups in total. The van der Waals surface area contributed by atoms with Gasteiger partial charge in [-0.2, -0.15) is 13.2 Å². The van der Waals surface area contributed by atoms with E-state index in [-0.39, 0.29) is 6.07 Å². The normalized spacial score (nSPS) is 13.7. The fourth-order valence-electron chi connectivity index (χ4n) is 3.54. The van der Waals surface area contributed by atoms with Gasteiger partial charge in [0.1, 0.15) is 5.75 Å². The molecular weight excluding hydrogens is 499 g/mol. The summed E-state index contributed by atoms with van der Waals surface area (Å²) in [6, 6.07) is 0.527. The lowest BCUT2D eigenvalue weighted by atomic mass is 9.73. The van der Waals surface area contributed by atoms with Crippen LogP contribution in [0.5, 0.6) is 5.75 Å². The van der Waals surface area contributed by atoms with Crippen molar-refractivity contribution in [2.45, 2.75) is 5.92 Å². The summed E-state index contributed by atoms with van der Waals surface area (Å²) in [6.07, 6.45) is 0. The zero-order valence-corrected chi connectivity index (χ0v) is 15.6. The highest BCUT2D eigenvalue weighted by Crippen LogP contribution is 2.54. The molecule has 0 radical (unpaired) electrons. The Morgan fingerprint density at radius 2 is 1.09 bits per heavy atom. The van der Waals surface area contributed by atoms with Crippen LogP contribution in [0.2, 0.25) is 0 Å². The van der Waals surface area contributed by atoms with E-state index in [9.17, 15) is 48.9 Å². The van der Waals surface area contributed by atoms with E-state index in [0.717, 1.165) is 0 Å². The molecule has 0 amide bonds. The smallest absolute Gasteiger partial charge is 0.530 e. The first kappa shape index (κ1) is 23.8. The van der Waals surface area contributed by atoms with E-state index in [1.807, 2.05) is 0 Å². The second kappa shape index (κ2) is 7.58. The largest absolute Gasteiger partial charge is 0.563 e. The predicted molar refractivity (Wildman–Crippen MR) is 89.1 cm³/mol. The maximum absolute atomic E-state index is 15.0. The maximum Gasteiger partial charge on any atom is 0.563 e. The Balaban J connectivity index is 2.03. The van der Waals surface area contributed by atoms with Crippen molar-refractivity contribution in [3.05, 3.63) is 81.4 Å². The minimum atomic E-state index is -5.13. The molecule has 0 saturated carbocycles. The average molecular weight is 502 g/mol. The van der Waals surface area contributed by atoms with Gasteiger partial charge in [-0.1, -0.05) is 0 Å². The third-order valence-corrected chi connectivity index (χ3v) is 4.99. The molecule has 0 spiro atoms. The molecule has 0 bridgehead atoms. The summed E-state index contributed by atoms with van der Waals surface area (Å²) in [6.45, 7) is 0. The van der Waals surface area contributed by atoms with Crippen LogP contribution in [-0.4, -0.2) is 12.1 Å². The molecule has 34 heavy (non-hydrogen) atoms. The zero-order valence-electron chi connectivity index (χ0n) is 15.6. The maximum atomic E-state index is 15.0. The van der Waals surface area contributed by atoms with E-state index in [1.54, 1.807) is 0 Å². The van der Waals surface area contributed by atoms with Crippen molar-refractivity contribution in [1.29, 1.82) is 0 Å². The van der Waals surface area contributed by atoms with E-state index in [4.69, 9.17) is 0 Å². The minimum absolute atomic E-state index is 0.229. The molecule has 0 aromatic heterocycles. The summed E-state index contributed by atoms with van der Waals surface area (Å²) in [5.41, 5.74) is -10.6. The molecule has 2 nitrogen and oxygen atoms in total. The summed E-state index contributed by atoms with van der Waals surface area (Å²) in [5, 5.41) is 10.1. The highest BCUT2D eigenvalue weighted by molar-refractivity contribution is 6.61. The molecule has 0 heterocycles. The summed E-state index contributed by atoms with van der Waals surface area (Å²) in [4.78, 5) is 0. The van der Waals surface area contributed by atoms with Gasteiger partial charge in [0.2, 0.25) is 5.82 Å². The van der Waals surface area contributed by atoms with E-state index in [2.05, 4.69) is 4.65 Å². The van der Waals surface area contributed by atoms with E-state index in [1.165, 1.54) is 0 Å². The number of halogens is 12. The van der Waals surface area contributed by atoms with Crippen molar-refractivity contribution >= 4 is 12.6 Å². The van der Waals surface area contributed by atoms with Crippen LogP contribution in [0.3, 0.4) is 0 Å². The molecule has 0 unspecified atom stereocenters. The molecule has 0 fully saturated rings. The van der Waals surface area contributed by atoms with E-state index in [0.29, 0.717) is 6.07 Å². The van der Waals surface area contributed by atoms with Crippen molar-refractivity contribution in [2.24, 2.45) is 0 Å². The lowest BCUT2D eigenvalue weighted by Crippen LogP contribution is -2.44. The van der Waals surface area contributed by atoms with Crippen LogP contribution in [0.25, 0.3) is 11.1 Å². The second-order valence-electron chi connectivity index (χ2n) is 6.83. The van der Waals surface area contributed by atoms with Crippen LogP contribution in [0, 0.1) is 58.2 Å². The van der Waals surface area contributed by atoms with Crippen LogP contribution < -0.4 is 10.1 Å².